The summed E-state index contributed by atoms with van der Waals surface area (Å²) >= 11 is 3.42. The van der Waals surface area contributed by atoms with Crippen molar-refractivity contribution in [3.63, 3.8) is 0 Å². The second-order valence-electron chi connectivity index (χ2n) is 8.58. The van der Waals surface area contributed by atoms with Crippen molar-refractivity contribution < 1.29 is 28.6 Å². The first-order valence-corrected chi connectivity index (χ1v) is 12.6. The van der Waals surface area contributed by atoms with Gasteiger partial charge in [0.1, 0.15) is 17.1 Å². The molecule has 1 atom stereocenters. The molecule has 0 fully saturated rings. The Kier molecular flexibility index (Phi) is 6.76. The molecule has 1 amide bonds. The molecular formula is C29H24BrNO6. The number of benzene rings is 3. The van der Waals surface area contributed by atoms with E-state index in [0.29, 0.717) is 34.9 Å². The van der Waals surface area contributed by atoms with Gasteiger partial charge in [-0.2, -0.15) is 0 Å². The van der Waals surface area contributed by atoms with Gasteiger partial charge >= 0.3 is 0 Å². The molecule has 4 aromatic rings. The summed E-state index contributed by atoms with van der Waals surface area (Å²) in [7, 11) is 1.55. The van der Waals surface area contributed by atoms with E-state index >= 15 is 0 Å². The Morgan fingerprint density at radius 3 is 2.57 bits per heavy atom. The number of halogens is 1. The number of amides is 1. The number of carbonyl (C=O) groups excluding carboxylic acids is 2. The number of hydrogen-bond donors (Lipinski definition) is 1. The van der Waals surface area contributed by atoms with Crippen molar-refractivity contribution in [2.24, 2.45) is 0 Å². The molecule has 0 radical (unpaired) electrons. The minimum Gasteiger partial charge on any atom is -0.503 e. The average molecular weight is 562 g/mol. The molecule has 0 bridgehead atoms. The molecule has 8 heteroatoms. The highest BCUT2D eigenvalue weighted by atomic mass is 79.9. The number of carbonyl (C=O) groups is 2. The number of anilines is 1. The van der Waals surface area contributed by atoms with E-state index in [1.165, 1.54) is 4.90 Å². The van der Waals surface area contributed by atoms with E-state index in [1.54, 1.807) is 61.7 Å². The largest absolute Gasteiger partial charge is 0.503 e. The van der Waals surface area contributed by atoms with Crippen LogP contribution in [-0.4, -0.2) is 30.5 Å². The van der Waals surface area contributed by atoms with Gasteiger partial charge in [-0.15, -0.1) is 0 Å². The Morgan fingerprint density at radius 2 is 1.84 bits per heavy atom. The van der Waals surface area contributed by atoms with E-state index in [4.69, 9.17) is 13.9 Å². The summed E-state index contributed by atoms with van der Waals surface area (Å²) in [6.45, 7) is 2.53. The molecule has 1 aliphatic heterocycles. The first-order chi connectivity index (χ1) is 17.9. The maximum absolute atomic E-state index is 13.8. The Labute approximate surface area is 222 Å². The summed E-state index contributed by atoms with van der Waals surface area (Å²) in [5.74, 6) is -0.622. The van der Waals surface area contributed by atoms with Gasteiger partial charge in [0.15, 0.2) is 11.5 Å². The van der Waals surface area contributed by atoms with Crippen molar-refractivity contribution in [3.8, 4) is 11.5 Å². The van der Waals surface area contributed by atoms with Crippen LogP contribution >= 0.6 is 15.9 Å². The fraction of sp³-hybridized carbons (Fsp3) is 0.172. The number of ether oxygens (including phenoxy) is 2. The lowest BCUT2D eigenvalue weighted by Crippen LogP contribution is -2.31. The molecule has 0 saturated carbocycles. The lowest BCUT2D eigenvalue weighted by Gasteiger charge is -2.27. The van der Waals surface area contributed by atoms with Crippen LogP contribution in [0.15, 0.2) is 93.0 Å². The first-order valence-electron chi connectivity index (χ1n) is 11.8. The Hall–Kier alpha value is -4.04. The average Bonchev–Trinajstić information content (AvgIpc) is 3.45. The summed E-state index contributed by atoms with van der Waals surface area (Å²) in [5, 5.41) is 11.8. The van der Waals surface area contributed by atoms with Crippen LogP contribution in [0.4, 0.5) is 5.69 Å². The Morgan fingerprint density at radius 1 is 1.05 bits per heavy atom. The number of aliphatic hydroxyl groups is 1. The third kappa shape index (κ3) is 4.60. The number of aliphatic hydroxyl groups excluding tert-OH is 1. The van der Waals surface area contributed by atoms with Gasteiger partial charge in [0.05, 0.1) is 25.3 Å². The SMILES string of the molecule is CCCOc1cccc(C2C(C(=O)c3cc4cc(Br)ccc4o3)=C(O)C(=O)N2c2ccc(OC)cc2)c1. The summed E-state index contributed by atoms with van der Waals surface area (Å²) < 4.78 is 17.7. The van der Waals surface area contributed by atoms with Gasteiger partial charge in [0, 0.05) is 15.5 Å². The number of nitrogens with zero attached hydrogens (tertiary/aromatic N) is 1. The third-order valence-electron chi connectivity index (χ3n) is 6.15. The quantitative estimate of drug-likeness (QED) is 0.238. The first kappa shape index (κ1) is 24.6. The highest BCUT2D eigenvalue weighted by Gasteiger charge is 2.45. The second kappa shape index (κ2) is 10.1. The van der Waals surface area contributed by atoms with Crippen LogP contribution in [0.1, 0.15) is 35.5 Å². The number of ketones is 1. The number of fused-ring (bicyclic) bond motifs is 1. The standard InChI is InChI=1S/C29H24BrNO6/c1-3-13-36-22-6-4-5-17(15-22)26-25(27(32)24-16-18-14-19(30)7-12-23(18)37-24)28(33)29(34)31(26)20-8-10-21(35-2)11-9-20/h4-12,14-16,26,33H,3,13H2,1-2H3. The highest BCUT2D eigenvalue weighted by Crippen LogP contribution is 2.43. The fourth-order valence-electron chi connectivity index (χ4n) is 4.41. The number of furan rings is 1. The molecule has 188 valence electrons. The lowest BCUT2D eigenvalue weighted by atomic mass is 9.94. The Balaban J connectivity index is 1.63. The molecule has 7 nitrogen and oxygen atoms in total. The maximum atomic E-state index is 13.8. The smallest absolute Gasteiger partial charge is 0.294 e. The molecule has 0 saturated heterocycles. The molecule has 37 heavy (non-hydrogen) atoms. The van der Waals surface area contributed by atoms with Crippen molar-refractivity contribution >= 4 is 44.3 Å². The highest BCUT2D eigenvalue weighted by molar-refractivity contribution is 9.10. The minimum absolute atomic E-state index is 0.0300. The lowest BCUT2D eigenvalue weighted by molar-refractivity contribution is -0.117. The van der Waals surface area contributed by atoms with E-state index in [2.05, 4.69) is 15.9 Å². The third-order valence-corrected chi connectivity index (χ3v) is 6.65. The van der Waals surface area contributed by atoms with Gasteiger partial charge in [-0.3, -0.25) is 14.5 Å². The maximum Gasteiger partial charge on any atom is 0.294 e. The molecule has 1 unspecified atom stereocenters. The molecule has 1 aromatic heterocycles. The van der Waals surface area contributed by atoms with Crippen LogP contribution in [0.3, 0.4) is 0 Å². The van der Waals surface area contributed by atoms with Crippen molar-refractivity contribution in [1.82, 2.24) is 0 Å². The zero-order valence-corrected chi connectivity index (χ0v) is 21.8. The van der Waals surface area contributed by atoms with Crippen molar-refractivity contribution in [2.75, 3.05) is 18.6 Å². The number of hydrogen-bond acceptors (Lipinski definition) is 6. The predicted molar refractivity (Wildman–Crippen MR) is 143 cm³/mol. The number of rotatable bonds is 8. The summed E-state index contributed by atoms with van der Waals surface area (Å²) in [6, 6.07) is 20.2. The predicted octanol–water partition coefficient (Wildman–Crippen LogP) is 6.78. The van der Waals surface area contributed by atoms with Crippen molar-refractivity contribution in [3.05, 3.63) is 99.9 Å². The molecule has 0 aliphatic carbocycles. The molecule has 1 aliphatic rings. The van der Waals surface area contributed by atoms with Crippen molar-refractivity contribution in [2.45, 2.75) is 19.4 Å². The normalized spacial score (nSPS) is 15.5. The summed E-state index contributed by atoms with van der Waals surface area (Å²) in [4.78, 5) is 28.7. The van der Waals surface area contributed by atoms with E-state index < -0.39 is 23.5 Å². The van der Waals surface area contributed by atoms with Gasteiger partial charge in [-0.05, 0) is 72.6 Å². The number of Topliss-reactive ketones (excluding diaryl/α,β-unsaturated/α-hetero) is 1. The Bertz CT molecular complexity index is 1520. The van der Waals surface area contributed by atoms with E-state index in [-0.39, 0.29) is 11.3 Å². The monoisotopic (exact) mass is 561 g/mol. The van der Waals surface area contributed by atoms with Gasteiger partial charge in [0.25, 0.3) is 5.91 Å². The molecule has 1 N–H and O–H groups in total. The van der Waals surface area contributed by atoms with E-state index in [0.717, 1.165) is 16.3 Å². The van der Waals surface area contributed by atoms with Crippen LogP contribution in [0.5, 0.6) is 11.5 Å². The van der Waals surface area contributed by atoms with Gasteiger partial charge < -0.3 is 19.0 Å². The number of methoxy groups -OCH3 is 1. The van der Waals surface area contributed by atoms with Crippen LogP contribution in [0.25, 0.3) is 11.0 Å². The van der Waals surface area contributed by atoms with E-state index in [1.807, 2.05) is 25.1 Å². The molecular weight excluding hydrogens is 538 g/mol. The summed E-state index contributed by atoms with van der Waals surface area (Å²) in [5.41, 5.74) is 1.57. The topological polar surface area (TPSA) is 89.2 Å². The molecule has 3 aromatic carbocycles. The van der Waals surface area contributed by atoms with Gasteiger partial charge in [0.2, 0.25) is 5.78 Å². The molecule has 2 heterocycles. The minimum atomic E-state index is -0.904. The van der Waals surface area contributed by atoms with Crippen LogP contribution < -0.4 is 14.4 Å². The van der Waals surface area contributed by atoms with Crippen LogP contribution in [0.2, 0.25) is 0 Å². The molecule has 5 rings (SSSR count). The van der Waals surface area contributed by atoms with Crippen LogP contribution in [-0.2, 0) is 4.79 Å². The zero-order chi connectivity index (χ0) is 26.1. The van der Waals surface area contributed by atoms with E-state index in [9.17, 15) is 14.7 Å². The summed E-state index contributed by atoms with van der Waals surface area (Å²) in [6.07, 6.45) is 0.830. The van der Waals surface area contributed by atoms with Gasteiger partial charge in [-0.1, -0.05) is 35.0 Å². The second-order valence-corrected chi connectivity index (χ2v) is 9.50. The van der Waals surface area contributed by atoms with Crippen LogP contribution in [0, 0.1) is 0 Å². The zero-order valence-electron chi connectivity index (χ0n) is 20.2. The fourth-order valence-corrected chi connectivity index (χ4v) is 4.79. The van der Waals surface area contributed by atoms with Crippen molar-refractivity contribution in [1.29, 1.82) is 0 Å². The van der Waals surface area contributed by atoms with Gasteiger partial charge in [-0.25, -0.2) is 0 Å². The molecule has 0 spiro atoms.